The van der Waals surface area contributed by atoms with E-state index in [1.54, 1.807) is 0 Å². The van der Waals surface area contributed by atoms with E-state index in [9.17, 15) is 18.4 Å². The van der Waals surface area contributed by atoms with Crippen LogP contribution in [0.4, 0.5) is 8.78 Å². The minimum atomic E-state index is -1.37. The molecule has 0 amide bonds. The van der Waals surface area contributed by atoms with E-state index in [-0.39, 0.29) is 15.8 Å². The highest BCUT2D eigenvalue weighted by Gasteiger charge is 2.24. The summed E-state index contributed by atoms with van der Waals surface area (Å²) in [4.78, 5) is 23.1. The van der Waals surface area contributed by atoms with Crippen LogP contribution >= 0.6 is 11.8 Å². The Balaban J connectivity index is 2.55. The average Bonchev–Trinajstić information content (AvgIpc) is 2.38. The van der Waals surface area contributed by atoms with Crippen LogP contribution in [0.25, 0.3) is 10.9 Å². The van der Waals surface area contributed by atoms with Crippen LogP contribution in [0.5, 0.6) is 0 Å². The Morgan fingerprint density at radius 2 is 2.16 bits per heavy atom. The van der Waals surface area contributed by atoms with E-state index in [2.05, 4.69) is 0 Å². The second kappa shape index (κ2) is 4.06. The molecule has 4 nitrogen and oxygen atoms in total. The first kappa shape index (κ1) is 12.2. The number of nitrogens with zero attached hydrogens (tertiary/aromatic N) is 1. The molecular weight excluding hydrogens is 276 g/mol. The number of rotatable bonds is 1. The molecule has 0 spiro atoms. The molecule has 0 aliphatic carbocycles. The fourth-order valence-corrected chi connectivity index (χ4v) is 3.26. The number of carboxylic acid groups (broad SMARTS) is 1. The summed E-state index contributed by atoms with van der Waals surface area (Å²) in [6.07, 6.45) is 1.19. The molecule has 1 aliphatic heterocycles. The number of benzene rings is 1. The smallest absolute Gasteiger partial charge is 0.341 e. The van der Waals surface area contributed by atoms with Gasteiger partial charge in [0, 0.05) is 18.5 Å². The van der Waals surface area contributed by atoms with Gasteiger partial charge in [0.2, 0.25) is 5.43 Å². The molecule has 0 bridgehead atoms. The fourth-order valence-electron chi connectivity index (χ4n) is 2.18. The Labute approximate surface area is 109 Å². The number of aromatic nitrogens is 1. The van der Waals surface area contributed by atoms with Gasteiger partial charge in [-0.2, -0.15) is 0 Å². The van der Waals surface area contributed by atoms with E-state index in [4.69, 9.17) is 5.11 Å². The molecule has 0 saturated carbocycles. The van der Waals surface area contributed by atoms with Crippen molar-refractivity contribution >= 4 is 28.6 Å². The Kier molecular flexibility index (Phi) is 2.60. The third-order valence-electron chi connectivity index (χ3n) is 3.02. The Morgan fingerprint density at radius 1 is 1.42 bits per heavy atom. The van der Waals surface area contributed by atoms with Crippen molar-refractivity contribution in [2.45, 2.75) is 11.4 Å². The second-order valence-electron chi connectivity index (χ2n) is 4.12. The van der Waals surface area contributed by atoms with Crippen LogP contribution in [0.1, 0.15) is 10.4 Å². The van der Waals surface area contributed by atoms with E-state index >= 15 is 0 Å². The lowest BCUT2D eigenvalue weighted by molar-refractivity contribution is 0.0695. The Morgan fingerprint density at radius 3 is 2.84 bits per heavy atom. The normalized spacial score (nSPS) is 13.8. The first-order valence-electron chi connectivity index (χ1n) is 5.42. The monoisotopic (exact) mass is 283 g/mol. The van der Waals surface area contributed by atoms with Crippen molar-refractivity contribution in [3.8, 4) is 0 Å². The van der Waals surface area contributed by atoms with Gasteiger partial charge in [-0.3, -0.25) is 4.79 Å². The minimum absolute atomic E-state index is 0.0651. The van der Waals surface area contributed by atoms with Crippen LogP contribution in [-0.4, -0.2) is 21.4 Å². The maximum absolute atomic E-state index is 13.7. The standard InChI is InChI=1S/C12H7F2NO3S/c13-7-3-5-9-11(8(7)14)19-2-1-15(9)4-6(10(5)16)12(17)18/h3-4H,1-2H2,(H,17,18). The van der Waals surface area contributed by atoms with Gasteiger partial charge in [-0.1, -0.05) is 0 Å². The molecule has 0 saturated heterocycles. The lowest BCUT2D eigenvalue weighted by Gasteiger charge is -2.20. The molecule has 2 aromatic rings. The molecule has 3 rings (SSSR count). The molecule has 0 radical (unpaired) electrons. The average molecular weight is 283 g/mol. The molecule has 0 atom stereocenters. The number of aryl methyl sites for hydroxylation is 1. The highest BCUT2D eigenvalue weighted by Crippen LogP contribution is 2.34. The minimum Gasteiger partial charge on any atom is -0.477 e. The van der Waals surface area contributed by atoms with Gasteiger partial charge in [-0.05, 0) is 6.07 Å². The van der Waals surface area contributed by atoms with Crippen LogP contribution in [0.2, 0.25) is 0 Å². The number of carboxylic acids is 1. The molecule has 1 N–H and O–H groups in total. The predicted molar refractivity (Wildman–Crippen MR) is 65.8 cm³/mol. The summed E-state index contributed by atoms with van der Waals surface area (Å²) in [5.74, 6) is -3.01. The maximum atomic E-state index is 13.7. The largest absolute Gasteiger partial charge is 0.477 e. The van der Waals surface area contributed by atoms with Crippen molar-refractivity contribution < 1.29 is 18.7 Å². The molecule has 0 fully saturated rings. The second-order valence-corrected chi connectivity index (χ2v) is 5.22. The van der Waals surface area contributed by atoms with E-state index in [1.807, 2.05) is 0 Å². The summed E-state index contributed by atoms with van der Waals surface area (Å²) in [5.41, 5.74) is -0.956. The van der Waals surface area contributed by atoms with E-state index in [0.29, 0.717) is 12.3 Å². The van der Waals surface area contributed by atoms with Crippen LogP contribution in [0.15, 0.2) is 22.0 Å². The summed E-state index contributed by atoms with van der Waals surface area (Å²) in [6, 6.07) is 0.769. The van der Waals surface area contributed by atoms with Crippen molar-refractivity contribution in [2.24, 2.45) is 0 Å². The van der Waals surface area contributed by atoms with E-state index in [0.717, 1.165) is 17.8 Å². The van der Waals surface area contributed by atoms with Crippen LogP contribution in [0, 0.1) is 11.6 Å². The van der Waals surface area contributed by atoms with Gasteiger partial charge in [0.15, 0.2) is 11.6 Å². The van der Waals surface area contributed by atoms with Gasteiger partial charge in [0.25, 0.3) is 0 Å². The summed E-state index contributed by atoms with van der Waals surface area (Å²) < 4.78 is 28.7. The Bertz CT molecular complexity index is 785. The SMILES string of the molecule is O=C(O)c1cn2c3c(c(F)c(F)cc3c1=O)SCC2. The number of hydrogen-bond donors (Lipinski definition) is 1. The Hall–Kier alpha value is -1.89. The molecular formula is C12H7F2NO3S. The highest BCUT2D eigenvalue weighted by atomic mass is 32.2. The number of carbonyl (C=O) groups is 1. The van der Waals surface area contributed by atoms with E-state index < -0.39 is 28.6 Å². The van der Waals surface area contributed by atoms with Gasteiger partial charge in [-0.25, -0.2) is 13.6 Å². The molecule has 1 aromatic heterocycles. The summed E-state index contributed by atoms with van der Waals surface area (Å²) >= 11 is 1.12. The quantitative estimate of drug-likeness (QED) is 0.870. The third kappa shape index (κ3) is 1.65. The van der Waals surface area contributed by atoms with Crippen LogP contribution in [-0.2, 0) is 6.54 Å². The lowest BCUT2D eigenvalue weighted by Crippen LogP contribution is -2.22. The number of hydrogen-bond acceptors (Lipinski definition) is 3. The number of aromatic carboxylic acids is 1. The van der Waals surface area contributed by atoms with Gasteiger partial charge in [-0.15, -0.1) is 11.8 Å². The van der Waals surface area contributed by atoms with Crippen molar-refractivity contribution in [1.82, 2.24) is 4.57 Å². The van der Waals surface area contributed by atoms with Gasteiger partial charge < -0.3 is 9.67 Å². The lowest BCUT2D eigenvalue weighted by atomic mass is 10.1. The third-order valence-corrected chi connectivity index (χ3v) is 4.07. The molecule has 98 valence electrons. The summed E-state index contributed by atoms with van der Waals surface area (Å²) in [7, 11) is 0. The van der Waals surface area contributed by atoms with Crippen LogP contribution in [0.3, 0.4) is 0 Å². The number of pyridine rings is 1. The fraction of sp³-hybridized carbons (Fsp3) is 0.167. The summed E-state index contributed by atoms with van der Waals surface area (Å²) in [5, 5.41) is 8.87. The first-order chi connectivity index (χ1) is 9.00. The van der Waals surface area contributed by atoms with Crippen molar-refractivity contribution in [3.05, 3.63) is 39.7 Å². The zero-order valence-corrected chi connectivity index (χ0v) is 10.3. The van der Waals surface area contributed by atoms with Crippen molar-refractivity contribution in [2.75, 3.05) is 5.75 Å². The predicted octanol–water partition coefficient (Wildman–Crippen LogP) is 2.08. The van der Waals surface area contributed by atoms with Crippen LogP contribution < -0.4 is 5.43 Å². The molecule has 2 heterocycles. The topological polar surface area (TPSA) is 59.3 Å². The molecule has 1 aliphatic rings. The highest BCUT2D eigenvalue weighted by molar-refractivity contribution is 7.99. The first-order valence-corrected chi connectivity index (χ1v) is 6.40. The van der Waals surface area contributed by atoms with Crippen molar-refractivity contribution in [1.29, 1.82) is 0 Å². The van der Waals surface area contributed by atoms with Gasteiger partial charge in [0.05, 0.1) is 15.8 Å². The number of thioether (sulfide) groups is 1. The molecule has 1 aromatic carbocycles. The van der Waals surface area contributed by atoms with Crippen molar-refractivity contribution in [3.63, 3.8) is 0 Å². The van der Waals surface area contributed by atoms with E-state index in [1.165, 1.54) is 10.8 Å². The van der Waals surface area contributed by atoms with Gasteiger partial charge in [0.1, 0.15) is 5.56 Å². The van der Waals surface area contributed by atoms with Gasteiger partial charge >= 0.3 is 5.97 Å². The molecule has 19 heavy (non-hydrogen) atoms. The zero-order valence-electron chi connectivity index (χ0n) is 9.44. The molecule has 7 heteroatoms. The zero-order chi connectivity index (χ0) is 13.7. The maximum Gasteiger partial charge on any atom is 0.341 e. The number of halogens is 2. The summed E-state index contributed by atoms with van der Waals surface area (Å²) in [6.45, 7) is 0.444. The molecule has 0 unspecified atom stereocenters.